The molecule has 0 aliphatic carbocycles. The van der Waals surface area contributed by atoms with Crippen LogP contribution in [-0.4, -0.2) is 80.8 Å². The molecule has 0 aliphatic heterocycles. The summed E-state index contributed by atoms with van der Waals surface area (Å²) < 4.78 is 0. The number of rotatable bonds is 0. The van der Waals surface area contributed by atoms with Crippen molar-refractivity contribution in [3.63, 3.8) is 0 Å². The van der Waals surface area contributed by atoms with Crippen molar-refractivity contribution in [2.75, 3.05) is 0 Å². The first kappa shape index (κ1) is 26.5. The van der Waals surface area contributed by atoms with Crippen molar-refractivity contribution in [2.45, 2.75) is 0 Å². The minimum atomic E-state index is 0. The maximum atomic E-state index is 4.64. The molecule has 0 saturated heterocycles. The van der Waals surface area contributed by atoms with Gasteiger partial charge in [-0.05, 0) is 10.1 Å². The maximum absolute atomic E-state index is 4.64. The standard InChI is InChI=1S/BH3Si.Ga.GeH4.In.6H/c1-2;;;;;;;;;/h2H3;;1H4;;;;;;;. The Morgan fingerprint density at radius 3 is 1.20 bits per heavy atom. The normalized spacial score (nSPS) is 1.60. The number of hydrogen-bond acceptors (Lipinski definition) is 0. The Morgan fingerprint density at radius 2 is 1.20 bits per heavy atom. The van der Waals surface area contributed by atoms with E-state index < -0.39 is 0 Å². The molecule has 0 aromatic heterocycles. The summed E-state index contributed by atoms with van der Waals surface area (Å²) in [6, 6.07) is 0. The van der Waals surface area contributed by atoms with Crippen LogP contribution in [0.4, 0.5) is 0 Å². The summed E-state index contributed by atoms with van der Waals surface area (Å²) in [4.78, 5) is 0. The Kier molecular flexibility index (Phi) is 175. The van der Waals surface area contributed by atoms with Gasteiger partial charge in [0, 0.05) is 7.44 Å². The number of hydrogen-bond donors (Lipinski definition) is 0. The summed E-state index contributed by atoms with van der Waals surface area (Å²) in [6.07, 6.45) is 0. The van der Waals surface area contributed by atoms with Crippen LogP contribution in [0.3, 0.4) is 0 Å². The van der Waals surface area contributed by atoms with Gasteiger partial charge in [0.2, 0.25) is 0 Å². The van der Waals surface area contributed by atoms with Crippen molar-refractivity contribution in [3.05, 3.63) is 0 Å². The molecule has 0 N–H and O–H groups in total. The van der Waals surface area contributed by atoms with Crippen molar-refractivity contribution in [1.29, 1.82) is 0 Å². The van der Waals surface area contributed by atoms with E-state index >= 15 is 0 Å². The Morgan fingerprint density at radius 1 is 1.20 bits per heavy atom. The predicted molar refractivity (Wildman–Crippen MR) is 46.9 cm³/mol. The topological polar surface area (TPSA) is 0 Å². The first-order valence-electron chi connectivity index (χ1n) is 0.577. The second-order valence-electron chi connectivity index (χ2n) is 0. The first-order chi connectivity index (χ1) is 1.00. The molecule has 0 spiro atoms. The van der Waals surface area contributed by atoms with E-state index in [4.69, 9.17) is 0 Å². The van der Waals surface area contributed by atoms with E-state index in [1.807, 2.05) is 0 Å². The molecule has 0 aromatic carbocycles. The molecule has 5 heavy (non-hydrogen) atoms. The van der Waals surface area contributed by atoms with E-state index in [1.165, 1.54) is 0 Å². The molecular weight excluding hydrogens is 296 g/mol. The fraction of sp³-hybridized carbons (Fsp3) is 0. The molecule has 2 radical (unpaired) electrons. The zero-order valence-electron chi connectivity index (χ0n) is 1.58. The first-order valence-corrected chi connectivity index (χ1v) is 1.73. The van der Waals surface area contributed by atoms with E-state index in [-0.39, 0.29) is 63.2 Å². The Bertz CT molecular complexity index is 11.6. The molecule has 0 aromatic rings. The summed E-state index contributed by atoms with van der Waals surface area (Å²) in [5.41, 5.74) is 0. The van der Waals surface area contributed by atoms with Gasteiger partial charge in [-0.2, -0.15) is 0 Å². The Labute approximate surface area is 79.8 Å². The van der Waals surface area contributed by atoms with Crippen molar-refractivity contribution in [3.8, 4) is 0 Å². The van der Waals surface area contributed by atoms with Crippen LogP contribution in [0.15, 0.2) is 0 Å². The minimum absolute atomic E-state index is 0. The van der Waals surface area contributed by atoms with E-state index in [0.29, 0.717) is 0 Å². The molecule has 30 valence electrons. The third-order valence-corrected chi connectivity index (χ3v) is 0. The molecule has 0 rings (SSSR count). The van der Waals surface area contributed by atoms with E-state index in [0.717, 1.165) is 10.1 Å². The van der Waals surface area contributed by atoms with Gasteiger partial charge in [-0.15, -0.1) is 0 Å². The summed E-state index contributed by atoms with van der Waals surface area (Å²) in [5.74, 6) is 0. The van der Waals surface area contributed by atoms with Crippen molar-refractivity contribution >= 4 is 80.8 Å². The fourth-order valence-corrected chi connectivity index (χ4v) is 0. The summed E-state index contributed by atoms with van der Waals surface area (Å²) in [6.45, 7) is 0. The van der Waals surface area contributed by atoms with Gasteiger partial charge in [-0.1, -0.05) is 0 Å². The third-order valence-electron chi connectivity index (χ3n) is 0. The van der Waals surface area contributed by atoms with Crippen LogP contribution in [0.1, 0.15) is 0 Å². The van der Waals surface area contributed by atoms with Gasteiger partial charge in [-0.3, -0.25) is 0 Å². The van der Waals surface area contributed by atoms with Gasteiger partial charge in [-0.25, -0.2) is 0 Å². The molecule has 0 nitrogen and oxygen atoms in total. The third kappa shape index (κ3) is 21.9. The second kappa shape index (κ2) is 33.1. The van der Waals surface area contributed by atoms with E-state index in [1.54, 1.807) is 0 Å². The molecular formula is H13BGaGeInSi. The Balaban J connectivity index is -0.00000000167. The SMILES string of the molecule is [B][SiH3].[GaH3].[GeH4].[InH3]. The molecule has 0 amide bonds. The molecule has 0 aliphatic rings. The summed E-state index contributed by atoms with van der Waals surface area (Å²) in [5, 5.41) is 0. The summed E-state index contributed by atoms with van der Waals surface area (Å²) in [7, 11) is 5.44. The van der Waals surface area contributed by atoms with Crippen LogP contribution >= 0.6 is 0 Å². The molecule has 5 heteroatoms. The van der Waals surface area contributed by atoms with Crippen LogP contribution in [-0.2, 0) is 0 Å². The van der Waals surface area contributed by atoms with E-state index in [2.05, 4.69) is 7.44 Å². The second-order valence-corrected chi connectivity index (χ2v) is 0. The Hall–Kier alpha value is 2.33. The average molecular weight is 309 g/mol. The van der Waals surface area contributed by atoms with Crippen LogP contribution in [0.2, 0.25) is 0 Å². The monoisotopic (exact) mass is 310 g/mol. The predicted octanol–water partition coefficient (Wildman–Crippen LogP) is -5.38. The fourth-order valence-electron chi connectivity index (χ4n) is 0. The quantitative estimate of drug-likeness (QED) is 0.392. The van der Waals surface area contributed by atoms with Gasteiger partial charge >= 0.3 is 63.2 Å². The summed E-state index contributed by atoms with van der Waals surface area (Å²) >= 11 is 0. The van der Waals surface area contributed by atoms with Crippen LogP contribution in [0.5, 0.6) is 0 Å². The molecule has 0 unspecified atom stereocenters. The zero-order valence-corrected chi connectivity index (χ0v) is 3.58. The molecule has 0 saturated carbocycles. The van der Waals surface area contributed by atoms with Crippen molar-refractivity contribution in [2.24, 2.45) is 0 Å². The van der Waals surface area contributed by atoms with Crippen molar-refractivity contribution < 1.29 is 0 Å². The van der Waals surface area contributed by atoms with Gasteiger partial charge in [0.25, 0.3) is 0 Å². The van der Waals surface area contributed by atoms with Gasteiger partial charge in [0.1, 0.15) is 0 Å². The zero-order chi connectivity index (χ0) is 2.00. The van der Waals surface area contributed by atoms with Crippen LogP contribution in [0, 0.1) is 0 Å². The molecule has 0 fully saturated rings. The van der Waals surface area contributed by atoms with Gasteiger partial charge in [0.05, 0.1) is 0 Å². The van der Waals surface area contributed by atoms with Gasteiger partial charge in [0.15, 0.2) is 0 Å². The average Bonchev–Trinajstić information content (AvgIpc) is 1.00. The van der Waals surface area contributed by atoms with Crippen molar-refractivity contribution in [1.82, 2.24) is 0 Å². The van der Waals surface area contributed by atoms with Crippen LogP contribution < -0.4 is 0 Å². The van der Waals surface area contributed by atoms with Gasteiger partial charge < -0.3 is 0 Å². The van der Waals surface area contributed by atoms with Crippen LogP contribution in [0.25, 0.3) is 0 Å². The molecule has 0 atom stereocenters. The molecule has 0 heterocycles. The van der Waals surface area contributed by atoms with E-state index in [9.17, 15) is 0 Å². The molecule has 0 bridgehead atoms.